The average molecular weight is 491 g/mol. The number of rotatable bonds is 6. The van der Waals surface area contributed by atoms with Crippen molar-refractivity contribution in [1.29, 1.82) is 0 Å². The van der Waals surface area contributed by atoms with E-state index in [9.17, 15) is 14.3 Å². The van der Waals surface area contributed by atoms with E-state index in [1.165, 1.54) is 17.7 Å². The lowest BCUT2D eigenvalue weighted by Crippen LogP contribution is -2.50. The second-order valence-corrected chi connectivity index (χ2v) is 8.73. The van der Waals surface area contributed by atoms with Crippen molar-refractivity contribution in [3.63, 3.8) is 0 Å². The Hall–Kier alpha value is -4.11. The Balaban J connectivity index is 1.27. The van der Waals surface area contributed by atoms with E-state index in [0.717, 1.165) is 49.8 Å². The van der Waals surface area contributed by atoms with E-state index in [0.29, 0.717) is 18.2 Å². The van der Waals surface area contributed by atoms with Crippen molar-refractivity contribution >= 4 is 17.6 Å². The van der Waals surface area contributed by atoms with Crippen LogP contribution in [0.3, 0.4) is 0 Å². The molecule has 1 saturated heterocycles. The van der Waals surface area contributed by atoms with Gasteiger partial charge in [0.05, 0.1) is 12.1 Å². The van der Waals surface area contributed by atoms with Crippen LogP contribution in [0.25, 0.3) is 0 Å². The summed E-state index contributed by atoms with van der Waals surface area (Å²) < 4.78 is 24.2. The zero-order valence-electron chi connectivity index (χ0n) is 19.7. The highest BCUT2D eigenvalue weighted by atomic mass is 19.1. The van der Waals surface area contributed by atoms with Gasteiger partial charge in [0.25, 0.3) is 0 Å². The number of carboxylic acid groups (broad SMARTS) is 1. The van der Waals surface area contributed by atoms with Gasteiger partial charge < -0.3 is 24.8 Å². The molecule has 0 bridgehead atoms. The van der Waals surface area contributed by atoms with E-state index < -0.39 is 5.97 Å². The molecule has 9 heteroatoms. The minimum atomic E-state index is -0.986. The van der Waals surface area contributed by atoms with Crippen LogP contribution in [0.5, 0.6) is 11.5 Å². The number of halogens is 1. The molecule has 8 nitrogen and oxygen atoms in total. The number of carbonyl (C=O) groups is 1. The molecule has 0 atom stereocenters. The third-order valence-corrected chi connectivity index (χ3v) is 6.21. The van der Waals surface area contributed by atoms with Gasteiger partial charge in [-0.1, -0.05) is 24.3 Å². The number of guanidine groups is 1. The summed E-state index contributed by atoms with van der Waals surface area (Å²) in [5.74, 6) is 0.952. The van der Waals surface area contributed by atoms with Crippen LogP contribution in [-0.4, -0.2) is 59.8 Å². The number of benzene rings is 3. The minimum absolute atomic E-state index is 0.200. The number of aliphatic imine (C=N–C) groups is 1. The first-order chi connectivity index (χ1) is 17.5. The molecular weight excluding hydrogens is 463 g/mol. The monoisotopic (exact) mass is 490 g/mol. The Morgan fingerprint density at radius 1 is 0.944 bits per heavy atom. The number of nitrogens with one attached hydrogen (secondary N) is 1. The summed E-state index contributed by atoms with van der Waals surface area (Å²) in [5, 5.41) is 12.7. The summed E-state index contributed by atoms with van der Waals surface area (Å²) in [6.07, 6.45) is 0. The zero-order chi connectivity index (χ0) is 24.9. The van der Waals surface area contributed by atoms with Gasteiger partial charge in [-0.3, -0.25) is 4.90 Å². The first-order valence-electron chi connectivity index (χ1n) is 11.8. The molecule has 1 fully saturated rings. The van der Waals surface area contributed by atoms with Crippen molar-refractivity contribution in [2.75, 3.05) is 38.3 Å². The van der Waals surface area contributed by atoms with Gasteiger partial charge in [0, 0.05) is 38.4 Å². The van der Waals surface area contributed by atoms with Crippen LogP contribution in [0.1, 0.15) is 21.5 Å². The smallest absolute Gasteiger partial charge is 0.335 e. The first-order valence-corrected chi connectivity index (χ1v) is 11.8. The molecule has 0 saturated carbocycles. The van der Waals surface area contributed by atoms with E-state index in [2.05, 4.69) is 21.2 Å². The number of fused-ring (bicyclic) bond motifs is 1. The molecule has 0 radical (unpaired) electrons. The molecule has 3 aromatic carbocycles. The van der Waals surface area contributed by atoms with Crippen molar-refractivity contribution < 1.29 is 23.8 Å². The standard InChI is InChI=1S/C27H27FN4O4/c28-22-7-4-19(5-8-22)16-29-27(30-23-3-1-2-21(15-23)26(33)34)32-12-10-31(11-13-32)17-20-6-9-24-25(14-20)36-18-35-24/h1-9,14-15H,10-13,16-18H2,(H,29,30)(H,33,34). The first kappa shape index (κ1) is 23.6. The molecule has 0 amide bonds. The number of aromatic carboxylic acids is 1. The molecule has 36 heavy (non-hydrogen) atoms. The number of anilines is 1. The molecule has 186 valence electrons. The van der Waals surface area contributed by atoms with Crippen LogP contribution in [0, 0.1) is 5.82 Å². The molecule has 0 spiro atoms. The Morgan fingerprint density at radius 3 is 2.47 bits per heavy atom. The van der Waals surface area contributed by atoms with Crippen molar-refractivity contribution in [1.82, 2.24) is 9.80 Å². The van der Waals surface area contributed by atoms with Crippen LogP contribution in [0.4, 0.5) is 10.1 Å². The van der Waals surface area contributed by atoms with Crippen molar-refractivity contribution in [3.05, 3.63) is 89.2 Å². The molecular formula is C27H27FN4O4. The van der Waals surface area contributed by atoms with Gasteiger partial charge >= 0.3 is 5.97 Å². The fourth-order valence-electron chi connectivity index (χ4n) is 4.25. The van der Waals surface area contributed by atoms with Crippen molar-refractivity contribution in [3.8, 4) is 11.5 Å². The van der Waals surface area contributed by atoms with Gasteiger partial charge in [-0.25, -0.2) is 14.2 Å². The lowest BCUT2D eigenvalue weighted by molar-refractivity contribution is 0.0697. The summed E-state index contributed by atoms with van der Waals surface area (Å²) in [5.41, 5.74) is 2.90. The van der Waals surface area contributed by atoms with Crippen molar-refractivity contribution in [2.24, 2.45) is 4.99 Å². The van der Waals surface area contributed by atoms with E-state index in [4.69, 9.17) is 14.5 Å². The van der Waals surface area contributed by atoms with E-state index in [-0.39, 0.29) is 18.2 Å². The zero-order valence-corrected chi connectivity index (χ0v) is 19.7. The lowest BCUT2D eigenvalue weighted by Gasteiger charge is -2.36. The molecule has 2 aliphatic rings. The number of hydrogen-bond donors (Lipinski definition) is 2. The quantitative estimate of drug-likeness (QED) is 0.398. The van der Waals surface area contributed by atoms with Crippen LogP contribution < -0.4 is 14.8 Å². The van der Waals surface area contributed by atoms with Crippen LogP contribution >= 0.6 is 0 Å². The van der Waals surface area contributed by atoms with Gasteiger partial charge in [0.15, 0.2) is 17.5 Å². The molecule has 2 aliphatic heterocycles. The summed E-state index contributed by atoms with van der Waals surface area (Å²) in [6.45, 7) is 4.61. The number of ether oxygens (including phenoxy) is 2. The Kier molecular flexibility index (Phi) is 6.99. The van der Waals surface area contributed by atoms with Crippen LogP contribution in [0.15, 0.2) is 71.7 Å². The summed E-state index contributed by atoms with van der Waals surface area (Å²) in [4.78, 5) is 20.7. The fourth-order valence-corrected chi connectivity index (χ4v) is 4.25. The van der Waals surface area contributed by atoms with Crippen LogP contribution in [-0.2, 0) is 13.1 Å². The highest BCUT2D eigenvalue weighted by Gasteiger charge is 2.21. The number of carboxylic acids is 1. The lowest BCUT2D eigenvalue weighted by atomic mass is 10.1. The highest BCUT2D eigenvalue weighted by molar-refractivity contribution is 5.95. The van der Waals surface area contributed by atoms with Crippen LogP contribution in [0.2, 0.25) is 0 Å². The largest absolute Gasteiger partial charge is 0.478 e. The van der Waals surface area contributed by atoms with Gasteiger partial charge in [-0.05, 0) is 53.6 Å². The summed E-state index contributed by atoms with van der Waals surface area (Å²) >= 11 is 0. The number of piperazine rings is 1. The Bertz CT molecular complexity index is 1260. The predicted octanol–water partition coefficient (Wildman–Crippen LogP) is 4.04. The minimum Gasteiger partial charge on any atom is -0.478 e. The molecule has 0 unspecified atom stereocenters. The second-order valence-electron chi connectivity index (χ2n) is 8.73. The second kappa shape index (κ2) is 10.7. The molecule has 2 N–H and O–H groups in total. The van der Waals surface area contributed by atoms with Crippen molar-refractivity contribution in [2.45, 2.75) is 13.1 Å². The summed E-state index contributed by atoms with van der Waals surface area (Å²) in [7, 11) is 0. The van der Waals surface area contributed by atoms with Gasteiger partial charge in [0.1, 0.15) is 5.82 Å². The molecule has 2 heterocycles. The maximum atomic E-state index is 13.3. The normalized spacial score (nSPS) is 15.7. The third-order valence-electron chi connectivity index (χ3n) is 6.21. The Labute approximate surface area is 208 Å². The number of nitrogens with zero attached hydrogens (tertiary/aromatic N) is 3. The molecule has 0 aromatic heterocycles. The van der Waals surface area contributed by atoms with Gasteiger partial charge in [0.2, 0.25) is 6.79 Å². The average Bonchev–Trinajstić information content (AvgIpc) is 3.36. The van der Waals surface area contributed by atoms with E-state index in [1.54, 1.807) is 30.3 Å². The summed E-state index contributed by atoms with van der Waals surface area (Å²) in [6, 6.07) is 19.0. The maximum Gasteiger partial charge on any atom is 0.335 e. The van der Waals surface area contributed by atoms with Gasteiger partial charge in [-0.2, -0.15) is 0 Å². The molecule has 0 aliphatic carbocycles. The predicted molar refractivity (Wildman–Crippen MR) is 134 cm³/mol. The fraction of sp³-hybridized carbons (Fsp3) is 0.259. The Morgan fingerprint density at radius 2 is 1.69 bits per heavy atom. The van der Waals surface area contributed by atoms with Gasteiger partial charge in [-0.15, -0.1) is 0 Å². The van der Waals surface area contributed by atoms with E-state index in [1.807, 2.05) is 18.2 Å². The third kappa shape index (κ3) is 5.75. The highest BCUT2D eigenvalue weighted by Crippen LogP contribution is 2.32. The van der Waals surface area contributed by atoms with E-state index >= 15 is 0 Å². The maximum absolute atomic E-state index is 13.3. The topological polar surface area (TPSA) is 86.6 Å². The number of hydrogen-bond acceptors (Lipinski definition) is 5. The SMILES string of the molecule is O=C(O)c1cccc(NC(=NCc2ccc(F)cc2)N2CCN(Cc3ccc4c(c3)OCO4)CC2)c1. The molecule has 5 rings (SSSR count). The molecule has 3 aromatic rings.